The Labute approximate surface area is 123 Å². The lowest BCUT2D eigenvalue weighted by atomic mass is 10.4. The number of aryl methyl sites for hydroxylation is 1. The van der Waals surface area contributed by atoms with E-state index in [0.717, 1.165) is 23.6 Å². The Morgan fingerprint density at radius 3 is 2.59 bits per heavy atom. The Bertz CT molecular complexity index is 804. The fraction of sp³-hybridized carbons (Fsp3) is 0.545. The lowest BCUT2D eigenvalue weighted by Gasteiger charge is -2.06. The molecule has 2 heterocycles. The highest BCUT2D eigenvalue weighted by Gasteiger charge is 2.36. The van der Waals surface area contributed by atoms with Crippen LogP contribution in [0, 0.1) is 0 Å². The molecule has 0 amide bonds. The van der Waals surface area contributed by atoms with Gasteiger partial charge in [0, 0.05) is 13.1 Å². The van der Waals surface area contributed by atoms with Gasteiger partial charge in [-0.1, -0.05) is 0 Å². The lowest BCUT2D eigenvalue weighted by molar-refractivity contribution is -0.141. The van der Waals surface area contributed by atoms with Gasteiger partial charge in [-0.05, 0) is 18.9 Å². The number of aromatic nitrogens is 5. The molecule has 3 rings (SSSR count). The van der Waals surface area contributed by atoms with Crippen LogP contribution in [0.5, 0.6) is 0 Å². The third kappa shape index (κ3) is 2.72. The van der Waals surface area contributed by atoms with Crippen LogP contribution in [0.1, 0.15) is 30.3 Å². The van der Waals surface area contributed by atoms with E-state index in [4.69, 9.17) is 0 Å². The number of alkyl halides is 3. The van der Waals surface area contributed by atoms with Gasteiger partial charge in [-0.15, -0.1) is 10.2 Å². The van der Waals surface area contributed by atoms with E-state index in [1.54, 1.807) is 0 Å². The van der Waals surface area contributed by atoms with Gasteiger partial charge >= 0.3 is 6.18 Å². The molecule has 1 aliphatic rings. The van der Waals surface area contributed by atoms with Crippen molar-refractivity contribution in [2.24, 2.45) is 7.05 Å². The Morgan fingerprint density at radius 2 is 2.05 bits per heavy atom. The van der Waals surface area contributed by atoms with Crippen LogP contribution in [-0.2, 0) is 28.8 Å². The van der Waals surface area contributed by atoms with E-state index in [-0.39, 0.29) is 16.9 Å². The molecule has 0 unspecified atom stereocenters. The molecule has 11 heteroatoms. The van der Waals surface area contributed by atoms with E-state index < -0.39 is 27.5 Å². The van der Waals surface area contributed by atoms with Gasteiger partial charge < -0.3 is 4.57 Å². The Kier molecular flexibility index (Phi) is 3.27. The van der Waals surface area contributed by atoms with Crippen LogP contribution in [0.4, 0.5) is 13.2 Å². The van der Waals surface area contributed by atoms with Crippen molar-refractivity contribution < 1.29 is 21.6 Å². The van der Waals surface area contributed by atoms with Crippen molar-refractivity contribution in [3.05, 3.63) is 23.8 Å². The third-order valence-corrected chi connectivity index (χ3v) is 4.89. The summed E-state index contributed by atoms with van der Waals surface area (Å²) in [6.07, 6.45) is -1.61. The minimum Gasteiger partial charge on any atom is -0.301 e. The number of hydrogen-bond donors (Lipinski definition) is 0. The van der Waals surface area contributed by atoms with Crippen LogP contribution in [0.3, 0.4) is 0 Å². The second-order valence-corrected chi connectivity index (χ2v) is 7.04. The number of nitrogens with zero attached hydrogens (tertiary/aromatic N) is 5. The first-order chi connectivity index (χ1) is 10.2. The minimum absolute atomic E-state index is 0.0528. The first-order valence-electron chi connectivity index (χ1n) is 6.41. The molecule has 0 spiro atoms. The molecule has 0 atom stereocenters. The summed E-state index contributed by atoms with van der Waals surface area (Å²) in [6, 6.07) is 0.784. The minimum atomic E-state index is -4.62. The smallest absolute Gasteiger partial charge is 0.301 e. The first-order valence-corrected chi connectivity index (χ1v) is 8.06. The predicted octanol–water partition coefficient (Wildman–Crippen LogP) is 1.34. The average Bonchev–Trinajstić information content (AvgIpc) is 2.99. The maximum Gasteiger partial charge on any atom is 0.435 e. The molecule has 1 fully saturated rings. The number of sulfone groups is 1. The van der Waals surface area contributed by atoms with Crippen LogP contribution >= 0.6 is 0 Å². The fourth-order valence-corrected chi connectivity index (χ4v) is 3.57. The molecule has 0 saturated heterocycles. The SMILES string of the molecule is Cn1nc(C(F)(F)F)cc1CS(=O)(=O)c1nncn1C1CC1. The van der Waals surface area contributed by atoms with E-state index in [1.165, 1.54) is 17.9 Å². The van der Waals surface area contributed by atoms with Gasteiger partial charge in [0.25, 0.3) is 0 Å². The van der Waals surface area contributed by atoms with Gasteiger partial charge in [0.05, 0.1) is 11.4 Å². The van der Waals surface area contributed by atoms with Crippen molar-refractivity contribution >= 4 is 9.84 Å². The van der Waals surface area contributed by atoms with Gasteiger partial charge in [-0.3, -0.25) is 4.68 Å². The summed E-state index contributed by atoms with van der Waals surface area (Å²) in [4.78, 5) is 0. The summed E-state index contributed by atoms with van der Waals surface area (Å²) in [6.45, 7) is 0. The second kappa shape index (κ2) is 4.80. The molecule has 0 bridgehead atoms. The monoisotopic (exact) mass is 335 g/mol. The molecule has 2 aromatic rings. The van der Waals surface area contributed by atoms with E-state index in [1.807, 2.05) is 0 Å². The molecule has 7 nitrogen and oxygen atoms in total. The second-order valence-electron chi connectivity index (χ2n) is 5.15. The van der Waals surface area contributed by atoms with Gasteiger partial charge in [0.1, 0.15) is 6.33 Å². The van der Waals surface area contributed by atoms with Crippen molar-refractivity contribution in [3.63, 3.8) is 0 Å². The quantitative estimate of drug-likeness (QED) is 0.842. The van der Waals surface area contributed by atoms with Gasteiger partial charge in [0.2, 0.25) is 15.0 Å². The van der Waals surface area contributed by atoms with E-state index >= 15 is 0 Å². The highest BCUT2D eigenvalue weighted by Crippen LogP contribution is 2.36. The predicted molar refractivity (Wildman–Crippen MR) is 67.4 cm³/mol. The zero-order chi connectivity index (χ0) is 16.1. The van der Waals surface area contributed by atoms with E-state index in [9.17, 15) is 21.6 Å². The maximum absolute atomic E-state index is 12.6. The highest BCUT2D eigenvalue weighted by atomic mass is 32.2. The standard InChI is InChI=1S/C11H12F3N5O2S/c1-18-8(4-9(17-18)11(12,13)14)5-22(20,21)10-16-15-6-19(10)7-2-3-7/h4,6-7H,2-3,5H2,1H3. The summed E-state index contributed by atoms with van der Waals surface area (Å²) < 4.78 is 65.0. The summed E-state index contributed by atoms with van der Waals surface area (Å²) in [5.74, 6) is -0.613. The lowest BCUT2D eigenvalue weighted by Crippen LogP contribution is -2.14. The van der Waals surface area contributed by atoms with Crippen LogP contribution in [-0.4, -0.2) is 33.0 Å². The number of rotatable bonds is 4. The highest BCUT2D eigenvalue weighted by molar-refractivity contribution is 7.90. The molecule has 0 radical (unpaired) electrons. The maximum atomic E-state index is 12.6. The largest absolute Gasteiger partial charge is 0.435 e. The van der Waals surface area contributed by atoms with Crippen LogP contribution in [0.15, 0.2) is 17.6 Å². The summed E-state index contributed by atoms with van der Waals surface area (Å²) >= 11 is 0. The fourth-order valence-electron chi connectivity index (χ4n) is 2.10. The average molecular weight is 335 g/mol. The Hall–Kier alpha value is -1.91. The molecule has 2 aromatic heterocycles. The molecule has 1 aliphatic carbocycles. The summed E-state index contributed by atoms with van der Waals surface area (Å²) in [7, 11) is -2.63. The zero-order valence-corrected chi connectivity index (χ0v) is 12.3. The normalized spacial score (nSPS) is 16.2. The third-order valence-electron chi connectivity index (χ3n) is 3.36. The topological polar surface area (TPSA) is 82.7 Å². The van der Waals surface area contributed by atoms with Gasteiger partial charge in [-0.2, -0.15) is 18.3 Å². The van der Waals surface area contributed by atoms with Crippen molar-refractivity contribution in [1.82, 2.24) is 24.5 Å². The summed E-state index contributed by atoms with van der Waals surface area (Å²) in [5, 5.41) is 10.3. The van der Waals surface area contributed by atoms with E-state index in [0.29, 0.717) is 0 Å². The molecule has 0 aromatic carbocycles. The van der Waals surface area contributed by atoms with Crippen molar-refractivity contribution in [1.29, 1.82) is 0 Å². The Balaban J connectivity index is 1.92. The van der Waals surface area contributed by atoms with Crippen molar-refractivity contribution in [2.75, 3.05) is 0 Å². The van der Waals surface area contributed by atoms with Crippen LogP contribution in [0.25, 0.3) is 0 Å². The first kappa shape index (κ1) is 15.0. The van der Waals surface area contributed by atoms with E-state index in [2.05, 4.69) is 15.3 Å². The molecule has 0 aliphatic heterocycles. The summed E-state index contributed by atoms with van der Waals surface area (Å²) in [5.41, 5.74) is -1.18. The molecular weight excluding hydrogens is 323 g/mol. The number of halogens is 3. The van der Waals surface area contributed by atoms with Gasteiger partial charge in [-0.25, -0.2) is 8.42 Å². The molecule has 120 valence electrons. The molecule has 0 N–H and O–H groups in total. The van der Waals surface area contributed by atoms with Crippen LogP contribution in [0.2, 0.25) is 0 Å². The van der Waals surface area contributed by atoms with Crippen molar-refractivity contribution in [2.45, 2.75) is 36.0 Å². The number of hydrogen-bond acceptors (Lipinski definition) is 5. The Morgan fingerprint density at radius 1 is 1.36 bits per heavy atom. The molecule has 22 heavy (non-hydrogen) atoms. The van der Waals surface area contributed by atoms with Crippen molar-refractivity contribution in [3.8, 4) is 0 Å². The van der Waals surface area contributed by atoms with Gasteiger partial charge in [0.15, 0.2) is 5.69 Å². The molecular formula is C11H12F3N5O2S. The zero-order valence-electron chi connectivity index (χ0n) is 11.4. The molecule has 1 saturated carbocycles. The van der Waals surface area contributed by atoms with Crippen LogP contribution < -0.4 is 0 Å².